The summed E-state index contributed by atoms with van der Waals surface area (Å²) in [6.45, 7) is 8.14. The second-order valence-electron chi connectivity index (χ2n) is 6.22. The maximum absolute atomic E-state index is 10.5. The number of benzene rings is 1. The lowest BCUT2D eigenvalue weighted by Gasteiger charge is -2.26. The Morgan fingerprint density at radius 1 is 0.810 bits per heavy atom. The highest BCUT2D eigenvalue weighted by Crippen LogP contribution is 2.29. The summed E-state index contributed by atoms with van der Waals surface area (Å²) in [6.07, 6.45) is 5.97. The molecule has 0 aliphatic carbocycles. The predicted molar refractivity (Wildman–Crippen MR) is 89.4 cm³/mol. The van der Waals surface area contributed by atoms with E-state index in [2.05, 4.69) is 26.0 Å². The lowest BCUT2D eigenvalue weighted by atomic mass is 9.87. The van der Waals surface area contributed by atoms with Crippen LogP contribution in [0, 0.1) is 0 Å². The average molecular weight is 292 g/mol. The van der Waals surface area contributed by atoms with E-state index in [9.17, 15) is 10.2 Å². The van der Waals surface area contributed by atoms with Crippen molar-refractivity contribution in [3.63, 3.8) is 0 Å². The molecule has 1 aromatic carbocycles. The number of hydrogen-bond acceptors (Lipinski definition) is 2. The Bertz CT molecular complexity index is 400. The van der Waals surface area contributed by atoms with Gasteiger partial charge in [0.1, 0.15) is 0 Å². The molecule has 0 aliphatic heterocycles. The van der Waals surface area contributed by atoms with Gasteiger partial charge in [-0.1, -0.05) is 52.0 Å². The van der Waals surface area contributed by atoms with Crippen molar-refractivity contribution in [2.45, 2.75) is 83.8 Å². The van der Waals surface area contributed by atoms with Crippen LogP contribution in [0.4, 0.5) is 0 Å². The average Bonchev–Trinajstić information content (AvgIpc) is 2.54. The molecule has 0 fully saturated rings. The van der Waals surface area contributed by atoms with Crippen LogP contribution in [0.15, 0.2) is 24.3 Å². The minimum absolute atomic E-state index is 0.495. The third kappa shape index (κ3) is 4.82. The summed E-state index contributed by atoms with van der Waals surface area (Å²) in [5.74, 6) is 0. The highest BCUT2D eigenvalue weighted by Gasteiger charge is 2.24. The van der Waals surface area contributed by atoms with E-state index < -0.39 is 11.2 Å². The Morgan fingerprint density at radius 3 is 1.76 bits per heavy atom. The lowest BCUT2D eigenvalue weighted by molar-refractivity contribution is 0.0218. The van der Waals surface area contributed by atoms with Crippen LogP contribution in [0.5, 0.6) is 0 Å². The molecule has 0 saturated heterocycles. The Hall–Kier alpha value is -0.860. The molecule has 21 heavy (non-hydrogen) atoms. The molecule has 0 atom stereocenters. The van der Waals surface area contributed by atoms with Crippen molar-refractivity contribution < 1.29 is 10.2 Å². The monoisotopic (exact) mass is 292 g/mol. The first-order chi connectivity index (χ1) is 9.93. The minimum atomic E-state index is -0.691. The molecule has 1 aromatic rings. The van der Waals surface area contributed by atoms with Gasteiger partial charge in [0.2, 0.25) is 0 Å². The van der Waals surface area contributed by atoms with Gasteiger partial charge in [-0.15, -0.1) is 0 Å². The van der Waals surface area contributed by atoms with Gasteiger partial charge in [-0.25, -0.2) is 0 Å². The minimum Gasteiger partial charge on any atom is -0.390 e. The van der Waals surface area contributed by atoms with Crippen LogP contribution < -0.4 is 0 Å². The quantitative estimate of drug-likeness (QED) is 0.700. The Kier molecular flexibility index (Phi) is 6.89. The lowest BCUT2D eigenvalue weighted by Crippen LogP contribution is -2.26. The molecule has 0 spiro atoms. The number of aliphatic hydroxyl groups is 2. The molecule has 0 bridgehead atoms. The Labute approximate surface area is 130 Å². The zero-order valence-corrected chi connectivity index (χ0v) is 14.2. The summed E-state index contributed by atoms with van der Waals surface area (Å²) in [5, 5.41) is 20.8. The molecule has 120 valence electrons. The fourth-order valence-electron chi connectivity index (χ4n) is 2.87. The van der Waals surface area contributed by atoms with Gasteiger partial charge in [0.15, 0.2) is 0 Å². The summed E-state index contributed by atoms with van der Waals surface area (Å²) >= 11 is 0. The maximum atomic E-state index is 10.5. The van der Waals surface area contributed by atoms with E-state index in [0.29, 0.717) is 0 Å². The molecule has 1 rings (SSSR count). The SMILES string of the molecule is CCC(O)(CC)CCCc1ccc(C(O)(CC)CC)cc1. The molecule has 2 nitrogen and oxygen atoms in total. The summed E-state index contributed by atoms with van der Waals surface area (Å²) in [4.78, 5) is 0. The molecule has 2 N–H and O–H groups in total. The predicted octanol–water partition coefficient (Wildman–Crippen LogP) is 4.57. The molecule has 0 radical (unpaired) electrons. The molecule has 0 heterocycles. The van der Waals surface area contributed by atoms with Gasteiger partial charge in [-0.05, 0) is 56.1 Å². The van der Waals surface area contributed by atoms with Crippen molar-refractivity contribution in [2.24, 2.45) is 0 Å². The first-order valence-corrected chi connectivity index (χ1v) is 8.47. The van der Waals surface area contributed by atoms with Crippen LogP contribution in [-0.4, -0.2) is 15.8 Å². The van der Waals surface area contributed by atoms with E-state index in [1.165, 1.54) is 5.56 Å². The molecule has 0 aromatic heterocycles. The molecule has 0 amide bonds. The number of hydrogen-bond donors (Lipinski definition) is 2. The van der Waals surface area contributed by atoms with Gasteiger partial charge in [-0.3, -0.25) is 0 Å². The Morgan fingerprint density at radius 2 is 1.33 bits per heavy atom. The molecular weight excluding hydrogens is 260 g/mol. The van der Waals surface area contributed by atoms with E-state index in [1.54, 1.807) is 0 Å². The van der Waals surface area contributed by atoms with Crippen molar-refractivity contribution in [1.29, 1.82) is 0 Å². The first-order valence-electron chi connectivity index (χ1n) is 8.47. The standard InChI is InChI=1S/C19H32O2/c1-5-18(20,6-2)15-9-10-16-11-13-17(14-12-16)19(21,7-3)8-4/h11-14,20-21H,5-10,15H2,1-4H3. The zero-order chi connectivity index (χ0) is 15.9. The van der Waals surface area contributed by atoms with Gasteiger partial charge in [0.05, 0.1) is 11.2 Å². The largest absolute Gasteiger partial charge is 0.390 e. The Balaban J connectivity index is 2.60. The van der Waals surface area contributed by atoms with E-state index in [1.807, 2.05) is 26.0 Å². The van der Waals surface area contributed by atoms with Crippen molar-refractivity contribution in [2.75, 3.05) is 0 Å². The first kappa shape index (κ1) is 18.2. The summed E-state index contributed by atoms with van der Waals surface area (Å²) in [7, 11) is 0. The third-order valence-electron chi connectivity index (χ3n) is 5.08. The van der Waals surface area contributed by atoms with Crippen LogP contribution in [0.3, 0.4) is 0 Å². The molecule has 2 heteroatoms. The van der Waals surface area contributed by atoms with Gasteiger partial charge in [0, 0.05) is 0 Å². The normalized spacial score (nSPS) is 12.7. The highest BCUT2D eigenvalue weighted by atomic mass is 16.3. The van der Waals surface area contributed by atoms with Crippen molar-refractivity contribution in [3.05, 3.63) is 35.4 Å². The molecule has 0 saturated carbocycles. The number of aryl methyl sites for hydroxylation is 1. The molecule has 0 unspecified atom stereocenters. The summed E-state index contributed by atoms with van der Waals surface area (Å²) in [6, 6.07) is 8.33. The van der Waals surface area contributed by atoms with Crippen molar-refractivity contribution in [1.82, 2.24) is 0 Å². The van der Waals surface area contributed by atoms with E-state index in [0.717, 1.165) is 50.5 Å². The summed E-state index contributed by atoms with van der Waals surface area (Å²) in [5.41, 5.74) is 1.10. The van der Waals surface area contributed by atoms with Gasteiger partial charge in [0.25, 0.3) is 0 Å². The van der Waals surface area contributed by atoms with Gasteiger partial charge >= 0.3 is 0 Å². The van der Waals surface area contributed by atoms with Gasteiger partial charge in [-0.2, -0.15) is 0 Å². The van der Waals surface area contributed by atoms with Crippen LogP contribution in [0.25, 0.3) is 0 Å². The smallest absolute Gasteiger partial charge is 0.0891 e. The fourth-order valence-corrected chi connectivity index (χ4v) is 2.87. The summed E-state index contributed by atoms with van der Waals surface area (Å²) < 4.78 is 0. The van der Waals surface area contributed by atoms with E-state index in [-0.39, 0.29) is 0 Å². The van der Waals surface area contributed by atoms with E-state index in [4.69, 9.17) is 0 Å². The zero-order valence-electron chi connectivity index (χ0n) is 14.2. The van der Waals surface area contributed by atoms with Crippen LogP contribution in [-0.2, 0) is 12.0 Å². The molecular formula is C19H32O2. The van der Waals surface area contributed by atoms with Crippen molar-refractivity contribution >= 4 is 0 Å². The number of rotatable bonds is 9. The molecule has 0 aliphatic rings. The highest BCUT2D eigenvalue weighted by molar-refractivity contribution is 5.27. The van der Waals surface area contributed by atoms with Crippen LogP contribution >= 0.6 is 0 Å². The van der Waals surface area contributed by atoms with Crippen LogP contribution in [0.2, 0.25) is 0 Å². The second-order valence-corrected chi connectivity index (χ2v) is 6.22. The second kappa shape index (κ2) is 7.95. The van der Waals surface area contributed by atoms with Crippen LogP contribution in [0.1, 0.15) is 77.3 Å². The van der Waals surface area contributed by atoms with Gasteiger partial charge < -0.3 is 10.2 Å². The maximum Gasteiger partial charge on any atom is 0.0891 e. The fraction of sp³-hybridized carbons (Fsp3) is 0.684. The topological polar surface area (TPSA) is 40.5 Å². The van der Waals surface area contributed by atoms with Crippen molar-refractivity contribution in [3.8, 4) is 0 Å². The third-order valence-corrected chi connectivity index (χ3v) is 5.08. The van der Waals surface area contributed by atoms with E-state index >= 15 is 0 Å².